The first kappa shape index (κ1) is 15.2. The van der Waals surface area contributed by atoms with Gasteiger partial charge in [0.05, 0.1) is 11.5 Å². The molecule has 0 saturated carbocycles. The monoisotopic (exact) mass is 276 g/mol. The van der Waals surface area contributed by atoms with Crippen LogP contribution < -0.4 is 4.72 Å². The molecule has 0 saturated heterocycles. The quantitative estimate of drug-likeness (QED) is 0.746. The van der Waals surface area contributed by atoms with Crippen LogP contribution in [-0.4, -0.2) is 37.8 Å². The molecule has 0 aliphatic heterocycles. The molecule has 2 N–H and O–H groups in total. The van der Waals surface area contributed by atoms with Gasteiger partial charge in [0.2, 0.25) is 10.0 Å². The molecule has 6 nitrogen and oxygen atoms in total. The van der Waals surface area contributed by atoms with Crippen molar-refractivity contribution in [1.82, 2.24) is 9.29 Å². The second-order valence-corrected chi connectivity index (χ2v) is 5.95. The average molecular weight is 276 g/mol. The van der Waals surface area contributed by atoms with Gasteiger partial charge in [-0.1, -0.05) is 0 Å². The molecule has 18 heavy (non-hydrogen) atoms. The van der Waals surface area contributed by atoms with Crippen molar-refractivity contribution in [3.05, 3.63) is 18.0 Å². The van der Waals surface area contributed by atoms with Gasteiger partial charge in [-0.2, -0.15) is 0 Å². The molecule has 1 unspecified atom stereocenters. The molecule has 0 aliphatic rings. The molecule has 0 fully saturated rings. The zero-order valence-electron chi connectivity index (χ0n) is 10.9. The predicted octanol–water partition coefficient (Wildman–Crippen LogP) is 0.221. The fourth-order valence-corrected chi connectivity index (χ4v) is 2.94. The van der Waals surface area contributed by atoms with Crippen LogP contribution >= 0.6 is 0 Å². The van der Waals surface area contributed by atoms with Crippen LogP contribution in [0.4, 0.5) is 0 Å². The van der Waals surface area contributed by atoms with Gasteiger partial charge in [0.25, 0.3) is 0 Å². The molecule has 0 bridgehead atoms. The van der Waals surface area contributed by atoms with E-state index in [0.29, 0.717) is 18.7 Å². The highest BCUT2D eigenvalue weighted by molar-refractivity contribution is 7.89. The second-order valence-electron chi connectivity index (χ2n) is 4.24. The van der Waals surface area contributed by atoms with Gasteiger partial charge in [-0.25, -0.2) is 13.1 Å². The van der Waals surface area contributed by atoms with Crippen molar-refractivity contribution in [3.63, 3.8) is 0 Å². The van der Waals surface area contributed by atoms with E-state index in [-0.39, 0.29) is 17.5 Å². The molecule has 1 heterocycles. The largest absolute Gasteiger partial charge is 0.390 e. The van der Waals surface area contributed by atoms with Crippen molar-refractivity contribution in [2.24, 2.45) is 7.05 Å². The minimum atomic E-state index is -3.54. The van der Waals surface area contributed by atoms with E-state index in [4.69, 9.17) is 9.84 Å². The van der Waals surface area contributed by atoms with Crippen molar-refractivity contribution in [2.75, 3.05) is 13.7 Å². The Kier molecular flexibility index (Phi) is 5.33. The lowest BCUT2D eigenvalue weighted by Gasteiger charge is -2.12. The summed E-state index contributed by atoms with van der Waals surface area (Å²) in [6, 6.07) is 1.26. The highest BCUT2D eigenvalue weighted by Crippen LogP contribution is 2.14. The summed E-state index contributed by atoms with van der Waals surface area (Å²) in [6.07, 6.45) is 2.09. The number of sulfonamides is 1. The number of rotatable bonds is 7. The van der Waals surface area contributed by atoms with E-state index < -0.39 is 10.0 Å². The molecule has 7 heteroatoms. The van der Waals surface area contributed by atoms with Crippen LogP contribution in [0.15, 0.2) is 17.2 Å². The molecule has 0 spiro atoms. The number of nitrogens with one attached hydrogen (secondary N) is 1. The Balaban J connectivity index is 2.79. The first-order valence-electron chi connectivity index (χ1n) is 5.68. The van der Waals surface area contributed by atoms with Crippen molar-refractivity contribution in [1.29, 1.82) is 0 Å². The number of methoxy groups -OCH3 is 1. The summed E-state index contributed by atoms with van der Waals surface area (Å²) in [5, 5.41) is 9.04. The molecule has 1 atom stereocenters. The number of aromatic nitrogens is 1. The van der Waals surface area contributed by atoms with Gasteiger partial charge in [0, 0.05) is 38.7 Å². The Hall–Kier alpha value is -0.890. The van der Waals surface area contributed by atoms with Crippen LogP contribution in [0.25, 0.3) is 0 Å². The lowest BCUT2D eigenvalue weighted by Crippen LogP contribution is -2.33. The second kappa shape index (κ2) is 6.33. The first-order valence-corrected chi connectivity index (χ1v) is 7.16. The number of aliphatic hydroxyl groups is 1. The van der Waals surface area contributed by atoms with E-state index in [0.717, 1.165) is 0 Å². The van der Waals surface area contributed by atoms with Crippen molar-refractivity contribution in [2.45, 2.75) is 30.9 Å². The maximum absolute atomic E-state index is 12.0. The van der Waals surface area contributed by atoms with Crippen molar-refractivity contribution in [3.8, 4) is 0 Å². The van der Waals surface area contributed by atoms with Crippen LogP contribution in [-0.2, 0) is 28.4 Å². The number of aryl methyl sites for hydroxylation is 1. The third kappa shape index (κ3) is 3.81. The Bertz CT molecular complexity index is 481. The number of hydrogen-bond acceptors (Lipinski definition) is 4. The summed E-state index contributed by atoms with van der Waals surface area (Å²) < 4.78 is 33.1. The maximum Gasteiger partial charge on any atom is 0.242 e. The first-order chi connectivity index (χ1) is 8.40. The molecule has 1 aromatic rings. The fourth-order valence-electron chi connectivity index (χ4n) is 1.57. The summed E-state index contributed by atoms with van der Waals surface area (Å²) in [7, 11) is -0.270. The van der Waals surface area contributed by atoms with E-state index in [1.165, 1.54) is 12.3 Å². The van der Waals surface area contributed by atoms with E-state index in [9.17, 15) is 8.42 Å². The lowest BCUT2D eigenvalue weighted by atomic mass is 10.3. The van der Waals surface area contributed by atoms with Gasteiger partial charge in [-0.15, -0.1) is 0 Å². The van der Waals surface area contributed by atoms with Gasteiger partial charge in [-0.3, -0.25) is 0 Å². The van der Waals surface area contributed by atoms with Gasteiger partial charge < -0.3 is 14.4 Å². The summed E-state index contributed by atoms with van der Waals surface area (Å²) in [6.45, 7) is 2.10. The summed E-state index contributed by atoms with van der Waals surface area (Å²) >= 11 is 0. The zero-order chi connectivity index (χ0) is 13.8. The number of aliphatic hydroxyl groups excluding tert-OH is 1. The fraction of sp³-hybridized carbons (Fsp3) is 0.636. The minimum Gasteiger partial charge on any atom is -0.390 e. The van der Waals surface area contributed by atoms with Crippen molar-refractivity contribution < 1.29 is 18.3 Å². The lowest BCUT2D eigenvalue weighted by molar-refractivity contribution is 0.188. The summed E-state index contributed by atoms with van der Waals surface area (Å²) in [5.74, 6) is 0. The maximum atomic E-state index is 12.0. The van der Waals surface area contributed by atoms with E-state index >= 15 is 0 Å². The summed E-state index contributed by atoms with van der Waals surface area (Å²) in [4.78, 5) is 0.165. The molecular weight excluding hydrogens is 256 g/mol. The number of hydrogen-bond donors (Lipinski definition) is 2. The predicted molar refractivity (Wildman–Crippen MR) is 67.6 cm³/mol. The van der Waals surface area contributed by atoms with Gasteiger partial charge >= 0.3 is 0 Å². The SMILES string of the molecule is COCCC(C)NS(=O)(=O)c1cc(CO)n(C)c1. The highest BCUT2D eigenvalue weighted by atomic mass is 32.2. The van der Waals surface area contributed by atoms with Crippen LogP contribution in [0.1, 0.15) is 19.0 Å². The van der Waals surface area contributed by atoms with E-state index in [1.807, 2.05) is 0 Å². The molecule has 1 rings (SSSR count). The number of nitrogens with zero attached hydrogens (tertiary/aromatic N) is 1. The van der Waals surface area contributed by atoms with E-state index in [2.05, 4.69) is 4.72 Å². The van der Waals surface area contributed by atoms with Crippen LogP contribution in [0.5, 0.6) is 0 Å². The van der Waals surface area contributed by atoms with Gasteiger partial charge in [-0.05, 0) is 19.4 Å². The Morgan fingerprint density at radius 1 is 1.56 bits per heavy atom. The standard InChI is InChI=1S/C11H20N2O4S/c1-9(4-5-17-3)12-18(15,16)11-6-10(8-14)13(2)7-11/h6-7,9,12,14H,4-5,8H2,1-3H3. The Morgan fingerprint density at radius 2 is 2.22 bits per heavy atom. The van der Waals surface area contributed by atoms with Gasteiger partial charge in [0.1, 0.15) is 0 Å². The zero-order valence-corrected chi connectivity index (χ0v) is 11.7. The Labute approximate surface area is 108 Å². The minimum absolute atomic E-state index is 0.165. The van der Waals surface area contributed by atoms with E-state index in [1.54, 1.807) is 25.6 Å². The normalized spacial score (nSPS) is 13.8. The molecule has 1 aromatic heterocycles. The molecule has 0 amide bonds. The highest BCUT2D eigenvalue weighted by Gasteiger charge is 2.19. The smallest absolute Gasteiger partial charge is 0.242 e. The third-order valence-corrected chi connectivity index (χ3v) is 4.22. The van der Waals surface area contributed by atoms with Crippen LogP contribution in [0, 0.1) is 0 Å². The average Bonchev–Trinajstić information content (AvgIpc) is 2.68. The molecule has 0 aliphatic carbocycles. The number of ether oxygens (including phenoxy) is 1. The van der Waals surface area contributed by atoms with Crippen molar-refractivity contribution >= 4 is 10.0 Å². The third-order valence-electron chi connectivity index (χ3n) is 2.67. The summed E-state index contributed by atoms with van der Waals surface area (Å²) in [5.41, 5.74) is 0.555. The topological polar surface area (TPSA) is 80.6 Å². The Morgan fingerprint density at radius 3 is 2.72 bits per heavy atom. The molecule has 0 aromatic carbocycles. The van der Waals surface area contributed by atoms with Crippen LogP contribution in [0.3, 0.4) is 0 Å². The van der Waals surface area contributed by atoms with Crippen LogP contribution in [0.2, 0.25) is 0 Å². The molecular formula is C11H20N2O4S. The molecule has 0 radical (unpaired) electrons. The molecule has 104 valence electrons. The van der Waals surface area contributed by atoms with Gasteiger partial charge in [0.15, 0.2) is 0 Å².